The number of halogens is 3. The van der Waals surface area contributed by atoms with E-state index in [0.29, 0.717) is 17.5 Å². The number of piperazine rings is 1. The Kier molecular flexibility index (Phi) is 9.44. The van der Waals surface area contributed by atoms with Crippen LogP contribution >= 0.6 is 36.4 Å². The van der Waals surface area contributed by atoms with Crippen LogP contribution in [-0.4, -0.2) is 60.0 Å². The van der Waals surface area contributed by atoms with E-state index in [0.717, 1.165) is 62.9 Å². The summed E-state index contributed by atoms with van der Waals surface area (Å²) in [5, 5.41) is 4.24. The molecule has 0 radical (unpaired) electrons. The lowest BCUT2D eigenvalue weighted by Crippen LogP contribution is -2.51. The second kappa shape index (κ2) is 11.9. The molecule has 1 aromatic heterocycles. The second-order valence-corrected chi connectivity index (χ2v) is 9.95. The Labute approximate surface area is 219 Å². The number of aromatic nitrogens is 2. The lowest BCUT2D eigenvalue weighted by Gasteiger charge is -2.38. The van der Waals surface area contributed by atoms with Crippen LogP contribution in [0, 0.1) is 5.92 Å². The van der Waals surface area contributed by atoms with Crippen LogP contribution in [0.5, 0.6) is 0 Å². The molecule has 2 fully saturated rings. The molecule has 1 aromatic carbocycles. The molecule has 0 bridgehead atoms. The first-order valence-corrected chi connectivity index (χ1v) is 12.3. The average Bonchev–Trinajstić information content (AvgIpc) is 3.57. The summed E-state index contributed by atoms with van der Waals surface area (Å²) in [6.45, 7) is 7.01. The average molecular weight is 527 g/mol. The van der Waals surface area contributed by atoms with E-state index in [1.54, 1.807) is 6.33 Å². The van der Waals surface area contributed by atoms with Crippen molar-refractivity contribution >= 4 is 48.1 Å². The van der Waals surface area contributed by atoms with E-state index >= 15 is 0 Å². The first-order valence-electron chi connectivity index (χ1n) is 11.9. The zero-order valence-electron chi connectivity index (χ0n) is 19.6. The molecule has 1 aliphatic heterocycles. The number of hydrogen-bond acceptors (Lipinski definition) is 5. The van der Waals surface area contributed by atoms with Gasteiger partial charge in [0.15, 0.2) is 0 Å². The predicted molar refractivity (Wildman–Crippen MR) is 142 cm³/mol. The number of nitrogens with zero attached hydrogens (tertiary/aromatic N) is 4. The van der Waals surface area contributed by atoms with Crippen LogP contribution < -0.4 is 10.2 Å². The Morgan fingerprint density at radius 1 is 1.09 bits per heavy atom. The third-order valence-electron chi connectivity index (χ3n) is 7.19. The number of nitrogens with one attached hydrogen (secondary N) is 1. The molecule has 9 heteroatoms. The van der Waals surface area contributed by atoms with Gasteiger partial charge in [-0.1, -0.05) is 30.7 Å². The zero-order chi connectivity index (χ0) is 22.1. The van der Waals surface area contributed by atoms with Gasteiger partial charge in [-0.25, -0.2) is 9.97 Å². The summed E-state index contributed by atoms with van der Waals surface area (Å²) in [5.74, 6) is 2.40. The van der Waals surface area contributed by atoms with E-state index in [2.05, 4.69) is 27.1 Å². The molecule has 2 atom stereocenters. The molecule has 3 aliphatic rings. The molecule has 186 valence electrons. The highest BCUT2D eigenvalue weighted by Gasteiger charge is 2.32. The van der Waals surface area contributed by atoms with Crippen LogP contribution in [0.15, 0.2) is 30.6 Å². The van der Waals surface area contributed by atoms with Crippen LogP contribution in [0.3, 0.4) is 0 Å². The summed E-state index contributed by atoms with van der Waals surface area (Å²) in [6, 6.07) is 7.75. The third-order valence-corrected chi connectivity index (χ3v) is 7.44. The SMILES string of the molecule is CC1CCc2ncnc(N3CCN(C(=O)C(CNCC4CC4)c4ccc(Cl)cc4)CC3)c21.Cl.Cl. The van der Waals surface area contributed by atoms with Crippen molar-refractivity contribution in [2.45, 2.75) is 44.4 Å². The van der Waals surface area contributed by atoms with Gasteiger partial charge in [0.25, 0.3) is 0 Å². The molecule has 1 saturated heterocycles. The van der Waals surface area contributed by atoms with Gasteiger partial charge in [0.05, 0.1) is 5.92 Å². The largest absolute Gasteiger partial charge is 0.353 e. The van der Waals surface area contributed by atoms with Crippen molar-refractivity contribution in [1.29, 1.82) is 0 Å². The summed E-state index contributed by atoms with van der Waals surface area (Å²) in [6.07, 6.45) is 6.50. The molecule has 1 N–H and O–H groups in total. The van der Waals surface area contributed by atoms with E-state index in [1.165, 1.54) is 24.1 Å². The molecule has 0 spiro atoms. The van der Waals surface area contributed by atoms with Crippen LogP contribution in [0.2, 0.25) is 5.02 Å². The number of rotatable bonds is 7. The Bertz CT molecular complexity index is 962. The Morgan fingerprint density at radius 3 is 2.47 bits per heavy atom. The molecule has 5 rings (SSSR count). The van der Waals surface area contributed by atoms with E-state index < -0.39 is 0 Å². The van der Waals surface area contributed by atoms with Crippen molar-refractivity contribution in [3.05, 3.63) is 52.4 Å². The molecule has 2 aromatic rings. The van der Waals surface area contributed by atoms with Crippen LogP contribution in [-0.2, 0) is 11.2 Å². The molecule has 2 unspecified atom stereocenters. The topological polar surface area (TPSA) is 61.4 Å². The van der Waals surface area contributed by atoms with Crippen molar-refractivity contribution in [1.82, 2.24) is 20.2 Å². The first-order chi connectivity index (χ1) is 15.6. The molecule has 1 saturated carbocycles. The summed E-state index contributed by atoms with van der Waals surface area (Å²) in [7, 11) is 0. The maximum Gasteiger partial charge on any atom is 0.231 e. The highest BCUT2D eigenvalue weighted by Crippen LogP contribution is 2.37. The molecular weight excluding hydrogens is 493 g/mol. The van der Waals surface area contributed by atoms with Gasteiger partial charge in [-0.15, -0.1) is 24.8 Å². The molecule has 34 heavy (non-hydrogen) atoms. The third kappa shape index (κ3) is 5.96. The Hall–Kier alpha value is -1.60. The van der Waals surface area contributed by atoms with Gasteiger partial charge < -0.3 is 15.1 Å². The fraction of sp³-hybridized carbons (Fsp3) is 0.560. The maximum atomic E-state index is 13.6. The number of benzene rings is 1. The minimum atomic E-state index is -0.180. The number of carbonyl (C=O) groups excluding carboxylic acids is 1. The standard InChI is InChI=1S/C25H32ClN5O.2ClH/c1-17-2-9-22-23(17)24(29-16-28-22)30-10-12-31(13-11-30)25(32)21(15-27-14-18-3-4-18)19-5-7-20(26)8-6-19;;/h5-8,16-18,21,27H,2-4,9-15H2,1H3;2*1H. The minimum absolute atomic E-state index is 0. The normalized spacial score (nSPS) is 20.2. The van der Waals surface area contributed by atoms with Crippen molar-refractivity contribution < 1.29 is 4.79 Å². The minimum Gasteiger partial charge on any atom is -0.353 e. The summed E-state index contributed by atoms with van der Waals surface area (Å²) < 4.78 is 0. The molecule has 2 heterocycles. The fourth-order valence-corrected chi connectivity index (χ4v) is 5.16. The van der Waals surface area contributed by atoms with Crippen LogP contribution in [0.1, 0.15) is 54.8 Å². The van der Waals surface area contributed by atoms with Crippen molar-refractivity contribution in [2.24, 2.45) is 5.92 Å². The summed E-state index contributed by atoms with van der Waals surface area (Å²) in [5.41, 5.74) is 3.55. The van der Waals surface area contributed by atoms with Gasteiger partial charge in [-0.2, -0.15) is 0 Å². The number of aryl methyl sites for hydroxylation is 1. The number of hydrogen-bond donors (Lipinski definition) is 1. The lowest BCUT2D eigenvalue weighted by molar-refractivity contribution is -0.133. The van der Waals surface area contributed by atoms with Gasteiger partial charge in [0.1, 0.15) is 12.1 Å². The number of amides is 1. The first kappa shape index (κ1) is 27.0. The van der Waals surface area contributed by atoms with Gasteiger partial charge in [0.2, 0.25) is 5.91 Å². The zero-order valence-corrected chi connectivity index (χ0v) is 22.0. The fourth-order valence-electron chi connectivity index (χ4n) is 5.03. The molecule has 6 nitrogen and oxygen atoms in total. The molecule has 2 aliphatic carbocycles. The van der Waals surface area contributed by atoms with Gasteiger partial charge in [-0.05, 0) is 61.8 Å². The monoisotopic (exact) mass is 525 g/mol. The predicted octanol–water partition coefficient (Wildman–Crippen LogP) is 4.46. The van der Waals surface area contributed by atoms with E-state index in [9.17, 15) is 4.79 Å². The number of fused-ring (bicyclic) bond motifs is 1. The van der Waals surface area contributed by atoms with Crippen LogP contribution in [0.4, 0.5) is 5.82 Å². The van der Waals surface area contributed by atoms with E-state index in [1.807, 2.05) is 29.2 Å². The molecule has 1 amide bonds. The number of carbonyl (C=O) groups is 1. The van der Waals surface area contributed by atoms with Crippen molar-refractivity contribution in [3.8, 4) is 0 Å². The quantitative estimate of drug-likeness (QED) is 0.577. The van der Waals surface area contributed by atoms with Gasteiger partial charge >= 0.3 is 0 Å². The second-order valence-electron chi connectivity index (χ2n) is 9.52. The smallest absolute Gasteiger partial charge is 0.231 e. The van der Waals surface area contributed by atoms with Crippen molar-refractivity contribution in [3.63, 3.8) is 0 Å². The van der Waals surface area contributed by atoms with Crippen LogP contribution in [0.25, 0.3) is 0 Å². The van der Waals surface area contributed by atoms with Gasteiger partial charge in [0, 0.05) is 49.0 Å². The Balaban J connectivity index is 0.00000162. The lowest BCUT2D eigenvalue weighted by atomic mass is 9.97. The van der Waals surface area contributed by atoms with Gasteiger partial charge in [-0.3, -0.25) is 4.79 Å². The summed E-state index contributed by atoms with van der Waals surface area (Å²) in [4.78, 5) is 27.1. The Morgan fingerprint density at radius 2 is 1.79 bits per heavy atom. The highest BCUT2D eigenvalue weighted by molar-refractivity contribution is 6.30. The number of anilines is 1. The van der Waals surface area contributed by atoms with E-state index in [4.69, 9.17) is 11.6 Å². The van der Waals surface area contributed by atoms with Crippen molar-refractivity contribution in [2.75, 3.05) is 44.2 Å². The maximum absolute atomic E-state index is 13.6. The summed E-state index contributed by atoms with van der Waals surface area (Å²) >= 11 is 6.10. The van der Waals surface area contributed by atoms with E-state index in [-0.39, 0.29) is 36.6 Å². The molecular formula is C25H34Cl3N5O. The highest BCUT2D eigenvalue weighted by atomic mass is 35.5.